The molecule has 0 aliphatic heterocycles. The van der Waals surface area contributed by atoms with Crippen LogP contribution < -0.4 is 0 Å². The van der Waals surface area contributed by atoms with Crippen molar-refractivity contribution < 1.29 is 0 Å². The highest BCUT2D eigenvalue weighted by Gasteiger charge is 2.11. The number of aromatic amines is 1. The van der Waals surface area contributed by atoms with E-state index in [9.17, 15) is 0 Å². The molecule has 0 radical (unpaired) electrons. The predicted octanol–water partition coefficient (Wildman–Crippen LogP) is 2.14. The third-order valence-corrected chi connectivity index (χ3v) is 2.55. The lowest BCUT2D eigenvalue weighted by Crippen LogP contribution is -2.07. The molecule has 1 heterocycles. The molecular formula is C8H15N3S. The second-order valence-corrected chi connectivity index (χ2v) is 5.54. The molecule has 0 aromatic carbocycles. The van der Waals surface area contributed by atoms with E-state index in [0.29, 0.717) is 0 Å². The van der Waals surface area contributed by atoms with E-state index in [4.69, 9.17) is 0 Å². The molecule has 12 heavy (non-hydrogen) atoms. The molecule has 0 aliphatic rings. The molecule has 0 aliphatic carbocycles. The fourth-order valence-electron chi connectivity index (χ4n) is 0.735. The quantitative estimate of drug-likeness (QED) is 0.767. The maximum Gasteiger partial charge on any atom is 0.160 e. The van der Waals surface area contributed by atoms with Crippen molar-refractivity contribution in [1.82, 2.24) is 15.2 Å². The number of thioether (sulfide) groups is 1. The number of nitrogens with one attached hydrogen (secondary N) is 1. The van der Waals surface area contributed by atoms with Gasteiger partial charge in [0, 0.05) is 4.75 Å². The van der Waals surface area contributed by atoms with E-state index in [1.807, 2.05) is 18.7 Å². The lowest BCUT2D eigenvalue weighted by atomic mass is 10.3. The number of aryl methyl sites for hydroxylation is 1. The lowest BCUT2D eigenvalue weighted by molar-refractivity contribution is 0.800. The van der Waals surface area contributed by atoms with Crippen LogP contribution in [0.1, 0.15) is 32.4 Å². The van der Waals surface area contributed by atoms with Gasteiger partial charge in [-0.3, -0.25) is 5.10 Å². The molecular weight excluding hydrogens is 170 g/mol. The van der Waals surface area contributed by atoms with Gasteiger partial charge in [-0.25, -0.2) is 4.98 Å². The van der Waals surface area contributed by atoms with E-state index in [0.717, 1.165) is 17.4 Å². The second kappa shape index (κ2) is 3.47. The highest BCUT2D eigenvalue weighted by Crippen LogP contribution is 2.25. The molecule has 0 bridgehead atoms. The Kier molecular flexibility index (Phi) is 2.77. The number of hydrogen-bond donors (Lipinski definition) is 1. The molecule has 0 spiro atoms. The molecule has 1 aromatic rings. The first-order valence-corrected chi connectivity index (χ1v) is 4.98. The molecule has 0 saturated heterocycles. The number of rotatable bonds is 2. The second-order valence-electron chi connectivity index (χ2n) is 3.74. The van der Waals surface area contributed by atoms with Gasteiger partial charge >= 0.3 is 0 Å². The van der Waals surface area contributed by atoms with Crippen molar-refractivity contribution in [3.8, 4) is 0 Å². The van der Waals surface area contributed by atoms with Crippen LogP contribution in [0, 0.1) is 6.92 Å². The molecule has 0 atom stereocenters. The Balaban J connectivity index is 2.44. The summed E-state index contributed by atoms with van der Waals surface area (Å²) >= 11 is 1.85. The van der Waals surface area contributed by atoms with Crippen molar-refractivity contribution in [2.24, 2.45) is 0 Å². The van der Waals surface area contributed by atoms with Gasteiger partial charge in [0.2, 0.25) is 0 Å². The van der Waals surface area contributed by atoms with E-state index < -0.39 is 0 Å². The van der Waals surface area contributed by atoms with E-state index in [2.05, 4.69) is 36.0 Å². The molecule has 1 N–H and O–H groups in total. The van der Waals surface area contributed by atoms with Crippen LogP contribution in [0.4, 0.5) is 0 Å². The monoisotopic (exact) mass is 185 g/mol. The van der Waals surface area contributed by atoms with E-state index in [-0.39, 0.29) is 4.75 Å². The molecule has 1 aromatic heterocycles. The average Bonchev–Trinajstić information content (AvgIpc) is 2.30. The predicted molar refractivity (Wildman–Crippen MR) is 52.2 cm³/mol. The largest absolute Gasteiger partial charge is 0.263 e. The van der Waals surface area contributed by atoms with Gasteiger partial charge in [0.1, 0.15) is 5.82 Å². The number of nitrogens with zero attached hydrogens (tertiary/aromatic N) is 2. The fraction of sp³-hybridized carbons (Fsp3) is 0.750. The number of aromatic nitrogens is 3. The first-order valence-electron chi connectivity index (χ1n) is 3.99. The SMILES string of the molecule is Cc1nc(CSC(C)(C)C)n[nH]1. The Labute approximate surface area is 77.4 Å². The zero-order valence-electron chi connectivity index (χ0n) is 8.01. The third-order valence-electron chi connectivity index (χ3n) is 1.28. The summed E-state index contributed by atoms with van der Waals surface area (Å²) < 4.78 is 0.286. The van der Waals surface area contributed by atoms with Crippen LogP contribution in [0.25, 0.3) is 0 Å². The summed E-state index contributed by atoms with van der Waals surface area (Å²) in [5, 5.41) is 6.89. The number of hydrogen-bond acceptors (Lipinski definition) is 3. The van der Waals surface area contributed by atoms with Crippen LogP contribution in [-0.4, -0.2) is 19.9 Å². The highest BCUT2D eigenvalue weighted by molar-refractivity contribution is 7.99. The third kappa shape index (κ3) is 3.26. The van der Waals surface area contributed by atoms with Gasteiger partial charge in [0.25, 0.3) is 0 Å². The van der Waals surface area contributed by atoms with Gasteiger partial charge < -0.3 is 0 Å². The van der Waals surface area contributed by atoms with Crippen molar-refractivity contribution in [2.45, 2.75) is 38.2 Å². The molecule has 0 amide bonds. The van der Waals surface area contributed by atoms with Gasteiger partial charge in [-0.15, -0.1) is 11.8 Å². The van der Waals surface area contributed by atoms with E-state index in [1.54, 1.807) is 0 Å². The molecule has 0 saturated carbocycles. The van der Waals surface area contributed by atoms with Crippen molar-refractivity contribution in [3.05, 3.63) is 11.6 Å². The molecule has 4 heteroatoms. The van der Waals surface area contributed by atoms with Crippen molar-refractivity contribution in [3.63, 3.8) is 0 Å². The van der Waals surface area contributed by atoms with Crippen molar-refractivity contribution >= 4 is 11.8 Å². The minimum Gasteiger partial charge on any atom is -0.263 e. The fourth-order valence-corrected chi connectivity index (χ4v) is 1.43. The zero-order chi connectivity index (χ0) is 9.19. The molecule has 68 valence electrons. The standard InChI is InChI=1S/C8H15N3S/c1-6-9-7(11-10-6)5-12-8(2,3)4/h5H2,1-4H3,(H,9,10,11). The van der Waals surface area contributed by atoms with E-state index >= 15 is 0 Å². The Morgan fingerprint density at radius 2 is 2.08 bits per heavy atom. The first-order chi connectivity index (χ1) is 5.47. The normalized spacial score (nSPS) is 12.0. The van der Waals surface area contributed by atoms with Crippen molar-refractivity contribution in [1.29, 1.82) is 0 Å². The Bertz CT molecular complexity index is 249. The molecule has 3 nitrogen and oxygen atoms in total. The first kappa shape index (κ1) is 9.58. The molecule has 0 fully saturated rings. The molecule has 1 rings (SSSR count). The van der Waals surface area contributed by atoms with Crippen LogP contribution in [0.3, 0.4) is 0 Å². The average molecular weight is 185 g/mol. The lowest BCUT2D eigenvalue weighted by Gasteiger charge is -2.15. The van der Waals surface area contributed by atoms with Crippen LogP contribution >= 0.6 is 11.8 Å². The van der Waals surface area contributed by atoms with Gasteiger partial charge in [0.15, 0.2) is 5.82 Å². The maximum absolute atomic E-state index is 4.23. The Morgan fingerprint density at radius 3 is 2.50 bits per heavy atom. The van der Waals surface area contributed by atoms with Crippen LogP contribution in [0.5, 0.6) is 0 Å². The zero-order valence-corrected chi connectivity index (χ0v) is 8.83. The van der Waals surface area contributed by atoms with Gasteiger partial charge in [-0.05, 0) is 6.92 Å². The molecule has 0 unspecified atom stereocenters. The summed E-state index contributed by atoms with van der Waals surface area (Å²) in [6.45, 7) is 8.49. The summed E-state index contributed by atoms with van der Waals surface area (Å²) in [6, 6.07) is 0. The minimum atomic E-state index is 0.286. The van der Waals surface area contributed by atoms with E-state index in [1.165, 1.54) is 0 Å². The number of H-pyrrole nitrogens is 1. The van der Waals surface area contributed by atoms with Crippen molar-refractivity contribution in [2.75, 3.05) is 0 Å². The van der Waals surface area contributed by atoms with Gasteiger partial charge in [-0.2, -0.15) is 5.10 Å². The highest BCUT2D eigenvalue weighted by atomic mass is 32.2. The van der Waals surface area contributed by atoms with Gasteiger partial charge in [0.05, 0.1) is 5.75 Å². The maximum atomic E-state index is 4.23. The van der Waals surface area contributed by atoms with Crippen LogP contribution in [0.15, 0.2) is 0 Å². The Hall–Kier alpha value is -0.510. The van der Waals surface area contributed by atoms with Gasteiger partial charge in [-0.1, -0.05) is 20.8 Å². The minimum absolute atomic E-state index is 0.286. The summed E-state index contributed by atoms with van der Waals surface area (Å²) in [5.74, 6) is 2.67. The summed E-state index contributed by atoms with van der Waals surface area (Å²) in [5.41, 5.74) is 0. The Morgan fingerprint density at radius 1 is 1.42 bits per heavy atom. The van der Waals surface area contributed by atoms with Crippen LogP contribution in [-0.2, 0) is 5.75 Å². The summed E-state index contributed by atoms with van der Waals surface area (Å²) in [7, 11) is 0. The van der Waals surface area contributed by atoms with Crippen LogP contribution in [0.2, 0.25) is 0 Å². The smallest absolute Gasteiger partial charge is 0.160 e. The topological polar surface area (TPSA) is 41.6 Å². The summed E-state index contributed by atoms with van der Waals surface area (Å²) in [4.78, 5) is 4.23. The summed E-state index contributed by atoms with van der Waals surface area (Å²) in [6.07, 6.45) is 0.